The van der Waals surface area contributed by atoms with Crippen LogP contribution in [0.2, 0.25) is 0 Å². The lowest BCUT2D eigenvalue weighted by atomic mass is 9.94. The van der Waals surface area contributed by atoms with E-state index in [2.05, 4.69) is 17.2 Å². The number of methoxy groups -OCH3 is 1. The van der Waals surface area contributed by atoms with Gasteiger partial charge in [-0.1, -0.05) is 12.1 Å². The molecule has 1 saturated carbocycles. The third kappa shape index (κ3) is 4.45. The number of rotatable bonds is 8. The molecule has 2 aliphatic heterocycles. The molecule has 0 N–H and O–H groups in total. The van der Waals surface area contributed by atoms with E-state index >= 15 is 0 Å². The van der Waals surface area contributed by atoms with E-state index in [1.54, 1.807) is 31.1 Å². The Hall–Kier alpha value is -4.14. The van der Waals surface area contributed by atoms with Gasteiger partial charge in [0.25, 0.3) is 5.91 Å². The van der Waals surface area contributed by atoms with Crippen LogP contribution in [0.25, 0.3) is 5.69 Å². The Kier molecular flexibility index (Phi) is 6.37. The van der Waals surface area contributed by atoms with Crippen molar-refractivity contribution < 1.29 is 23.9 Å². The number of amides is 2. The predicted octanol–water partition coefficient (Wildman–Crippen LogP) is 3.91. The second-order valence-corrected chi connectivity index (χ2v) is 10.5. The van der Waals surface area contributed by atoms with Crippen LogP contribution in [0.4, 0.5) is 5.69 Å². The summed E-state index contributed by atoms with van der Waals surface area (Å²) in [5.41, 5.74) is 3.84. The maximum absolute atomic E-state index is 13.9. The quantitative estimate of drug-likeness (QED) is 0.412. The van der Waals surface area contributed by atoms with E-state index in [0.717, 1.165) is 38.0 Å². The van der Waals surface area contributed by atoms with Crippen molar-refractivity contribution in [3.8, 4) is 11.4 Å². The van der Waals surface area contributed by atoms with E-state index in [1.165, 1.54) is 10.2 Å². The number of aromatic nitrogens is 2. The number of fused-ring (bicyclic) bond motifs is 1. The molecular formula is C30H32N4O5. The Morgan fingerprint density at radius 1 is 0.974 bits per heavy atom. The van der Waals surface area contributed by atoms with Crippen molar-refractivity contribution >= 4 is 23.5 Å². The van der Waals surface area contributed by atoms with Crippen LogP contribution < -0.4 is 9.64 Å². The predicted molar refractivity (Wildman–Crippen MR) is 145 cm³/mol. The number of ether oxygens (including phenoxy) is 2. The summed E-state index contributed by atoms with van der Waals surface area (Å²) >= 11 is 0. The molecule has 9 nitrogen and oxygen atoms in total. The van der Waals surface area contributed by atoms with Crippen LogP contribution in [0, 0.1) is 0 Å². The molecule has 9 heteroatoms. The summed E-state index contributed by atoms with van der Waals surface area (Å²) in [6.07, 6.45) is 4.21. The molecule has 3 heterocycles. The SMILES string of the molecule is CCOC(=O)c1nn(-c2ccc(OC)cc2)c2c1CCN(c1ccc(C3(CN4CCCC4=O)CC3)cc1)C2=O. The standard InChI is InChI=1S/C30H32N4O5/c1-3-39-29(37)26-24-14-18-33(28(36)27(24)34(31-26)22-10-12-23(38-2)13-11-22)21-8-6-20(7-9-21)30(15-16-30)19-32-17-4-5-25(32)35/h6-13H,3-5,14-19H2,1-2H3. The van der Waals surface area contributed by atoms with Gasteiger partial charge in [-0.25, -0.2) is 9.48 Å². The number of carbonyl (C=O) groups excluding carboxylic acids is 3. The molecule has 0 atom stereocenters. The number of likely N-dealkylation sites (tertiary alicyclic amines) is 1. The molecular weight excluding hydrogens is 496 g/mol. The summed E-state index contributed by atoms with van der Waals surface area (Å²) in [4.78, 5) is 42.6. The minimum absolute atomic E-state index is 0.0269. The minimum atomic E-state index is -0.530. The number of hydrogen-bond acceptors (Lipinski definition) is 6. The Morgan fingerprint density at radius 3 is 2.31 bits per heavy atom. The molecule has 0 radical (unpaired) electrons. The minimum Gasteiger partial charge on any atom is -0.497 e. The lowest BCUT2D eigenvalue weighted by Gasteiger charge is -2.29. The van der Waals surface area contributed by atoms with E-state index in [1.807, 2.05) is 29.2 Å². The zero-order valence-corrected chi connectivity index (χ0v) is 22.3. The van der Waals surface area contributed by atoms with Gasteiger partial charge in [-0.2, -0.15) is 5.10 Å². The van der Waals surface area contributed by atoms with Gasteiger partial charge in [0.2, 0.25) is 5.91 Å². The Balaban J connectivity index is 1.30. The summed E-state index contributed by atoms with van der Waals surface area (Å²) in [5, 5.41) is 4.55. The van der Waals surface area contributed by atoms with Crippen molar-refractivity contribution in [2.45, 2.75) is 44.4 Å². The topological polar surface area (TPSA) is 94.0 Å². The van der Waals surface area contributed by atoms with Crippen LogP contribution in [-0.2, 0) is 21.4 Å². The highest BCUT2D eigenvalue weighted by atomic mass is 16.5. The van der Waals surface area contributed by atoms with Crippen LogP contribution in [0.1, 0.15) is 64.7 Å². The second kappa shape index (κ2) is 9.87. The third-order valence-electron chi connectivity index (χ3n) is 8.11. The molecule has 1 saturated heterocycles. The van der Waals surface area contributed by atoms with Gasteiger partial charge in [0.1, 0.15) is 11.4 Å². The summed E-state index contributed by atoms with van der Waals surface area (Å²) in [6.45, 7) is 4.02. The second-order valence-electron chi connectivity index (χ2n) is 10.5. The highest BCUT2D eigenvalue weighted by Gasteiger charge is 2.47. The number of esters is 1. The maximum atomic E-state index is 13.9. The fourth-order valence-corrected chi connectivity index (χ4v) is 5.80. The van der Waals surface area contributed by atoms with E-state index in [9.17, 15) is 14.4 Å². The van der Waals surface area contributed by atoms with Gasteiger partial charge in [-0.05, 0) is 74.6 Å². The van der Waals surface area contributed by atoms with Gasteiger partial charge in [-0.3, -0.25) is 9.59 Å². The van der Waals surface area contributed by atoms with Crippen molar-refractivity contribution in [2.75, 3.05) is 38.3 Å². The van der Waals surface area contributed by atoms with E-state index < -0.39 is 5.97 Å². The number of hydrogen-bond donors (Lipinski definition) is 0. The van der Waals surface area contributed by atoms with Gasteiger partial charge < -0.3 is 19.3 Å². The first-order chi connectivity index (χ1) is 18.9. The first kappa shape index (κ1) is 25.2. The third-order valence-corrected chi connectivity index (χ3v) is 8.11. The first-order valence-corrected chi connectivity index (χ1v) is 13.6. The molecule has 0 spiro atoms. The van der Waals surface area contributed by atoms with E-state index in [4.69, 9.17) is 9.47 Å². The molecule has 202 valence electrons. The molecule has 2 aromatic carbocycles. The monoisotopic (exact) mass is 528 g/mol. The van der Waals surface area contributed by atoms with Gasteiger partial charge in [0.15, 0.2) is 5.69 Å². The summed E-state index contributed by atoms with van der Waals surface area (Å²) in [5.74, 6) is 0.189. The fraction of sp³-hybridized carbons (Fsp3) is 0.400. The first-order valence-electron chi connectivity index (χ1n) is 13.6. The number of benzene rings is 2. The Bertz CT molecular complexity index is 1420. The highest BCUT2D eigenvalue weighted by molar-refractivity contribution is 6.09. The lowest BCUT2D eigenvalue weighted by molar-refractivity contribution is -0.128. The van der Waals surface area contributed by atoms with Crippen LogP contribution in [0.15, 0.2) is 48.5 Å². The summed E-state index contributed by atoms with van der Waals surface area (Å²) < 4.78 is 12.1. The normalized spacial score (nSPS) is 17.8. The average molecular weight is 529 g/mol. The largest absolute Gasteiger partial charge is 0.497 e. The van der Waals surface area contributed by atoms with Crippen LogP contribution in [0.5, 0.6) is 5.75 Å². The van der Waals surface area contributed by atoms with Crippen molar-refractivity contribution in [3.05, 3.63) is 71.0 Å². The molecule has 0 unspecified atom stereocenters. The molecule has 1 aromatic heterocycles. The average Bonchev–Trinajstić information content (AvgIpc) is 3.47. The maximum Gasteiger partial charge on any atom is 0.359 e. The fourth-order valence-electron chi connectivity index (χ4n) is 5.80. The van der Waals surface area contributed by atoms with Gasteiger partial charge in [-0.15, -0.1) is 0 Å². The Morgan fingerprint density at radius 2 is 1.69 bits per heavy atom. The molecule has 2 fully saturated rings. The van der Waals surface area contributed by atoms with Crippen LogP contribution in [0.3, 0.4) is 0 Å². The smallest absolute Gasteiger partial charge is 0.359 e. The van der Waals surface area contributed by atoms with Crippen LogP contribution >= 0.6 is 0 Å². The zero-order chi connectivity index (χ0) is 27.1. The molecule has 3 aliphatic rings. The van der Waals surface area contributed by atoms with Crippen molar-refractivity contribution in [3.63, 3.8) is 0 Å². The van der Waals surface area contributed by atoms with E-state index in [0.29, 0.717) is 42.1 Å². The van der Waals surface area contributed by atoms with Crippen molar-refractivity contribution in [2.24, 2.45) is 0 Å². The molecule has 1 aliphatic carbocycles. The van der Waals surface area contributed by atoms with Crippen molar-refractivity contribution in [1.82, 2.24) is 14.7 Å². The van der Waals surface area contributed by atoms with Gasteiger partial charge in [0, 0.05) is 42.7 Å². The zero-order valence-electron chi connectivity index (χ0n) is 22.3. The van der Waals surface area contributed by atoms with E-state index in [-0.39, 0.29) is 29.5 Å². The number of carbonyl (C=O) groups is 3. The number of anilines is 1. The molecule has 39 heavy (non-hydrogen) atoms. The lowest BCUT2D eigenvalue weighted by Crippen LogP contribution is -2.39. The van der Waals surface area contributed by atoms with Crippen molar-refractivity contribution in [1.29, 1.82) is 0 Å². The molecule has 2 amide bonds. The molecule has 6 rings (SSSR count). The van der Waals surface area contributed by atoms with Gasteiger partial charge in [0.05, 0.1) is 19.4 Å². The Labute approximate surface area is 227 Å². The molecule has 0 bridgehead atoms. The summed E-state index contributed by atoms with van der Waals surface area (Å²) in [7, 11) is 1.59. The van der Waals surface area contributed by atoms with Crippen LogP contribution in [-0.4, -0.2) is 65.8 Å². The molecule has 3 aromatic rings. The highest BCUT2D eigenvalue weighted by Crippen LogP contribution is 2.49. The summed E-state index contributed by atoms with van der Waals surface area (Å²) in [6, 6.07) is 15.4. The number of nitrogens with zero attached hydrogens (tertiary/aromatic N) is 4. The van der Waals surface area contributed by atoms with Gasteiger partial charge >= 0.3 is 5.97 Å².